The zero-order valence-corrected chi connectivity index (χ0v) is 10.3. The summed E-state index contributed by atoms with van der Waals surface area (Å²) < 4.78 is 0.849. The molecule has 5 heteroatoms. The number of nitrogens with zero attached hydrogens (tertiary/aromatic N) is 1. The lowest BCUT2D eigenvalue weighted by Gasteiger charge is -2.26. The van der Waals surface area contributed by atoms with Crippen molar-refractivity contribution in [2.75, 3.05) is 0 Å². The quantitative estimate of drug-likeness (QED) is 0.646. The van der Waals surface area contributed by atoms with E-state index in [1.165, 1.54) is 0 Å². The van der Waals surface area contributed by atoms with Gasteiger partial charge in [0.2, 0.25) is 0 Å². The van der Waals surface area contributed by atoms with Crippen molar-refractivity contribution in [1.82, 2.24) is 10.5 Å². The number of amides is 1. The Labute approximate surface area is 102 Å². The van der Waals surface area contributed by atoms with Gasteiger partial charge in [0.05, 0.1) is 5.41 Å². The molecule has 1 aliphatic rings. The Kier molecular flexibility index (Phi) is 3.25. The summed E-state index contributed by atoms with van der Waals surface area (Å²) in [5, 5.41) is 8.86. The molecular weight excluding hydrogens is 272 g/mol. The summed E-state index contributed by atoms with van der Waals surface area (Å²) >= 11 is 3.35. The Balaban J connectivity index is 2.43. The van der Waals surface area contributed by atoms with Crippen molar-refractivity contribution in [2.45, 2.75) is 31.1 Å². The molecule has 2 rings (SSSR count). The Hall–Kier alpha value is -0.940. The van der Waals surface area contributed by atoms with Crippen LogP contribution in [0.15, 0.2) is 22.9 Å². The standard InChI is InChI=1S/C11H13BrN2O2/c12-9-5-8(6-13-7-9)11(10(15)14-16)3-1-2-4-11/h5-7,16H,1-4H2,(H,14,15). The predicted molar refractivity (Wildman–Crippen MR) is 62.0 cm³/mol. The molecule has 1 amide bonds. The molecule has 1 aromatic heterocycles. The fourth-order valence-electron chi connectivity index (χ4n) is 2.41. The van der Waals surface area contributed by atoms with E-state index in [1.807, 2.05) is 6.07 Å². The van der Waals surface area contributed by atoms with Crippen molar-refractivity contribution < 1.29 is 10.0 Å². The summed E-state index contributed by atoms with van der Waals surface area (Å²) in [6.07, 6.45) is 6.91. The second-order valence-corrected chi connectivity index (χ2v) is 5.04. The molecule has 2 N–H and O–H groups in total. The van der Waals surface area contributed by atoms with Crippen LogP contribution in [0.4, 0.5) is 0 Å². The third-order valence-corrected chi connectivity index (χ3v) is 3.68. The lowest BCUT2D eigenvalue weighted by atomic mass is 9.79. The highest BCUT2D eigenvalue weighted by atomic mass is 79.9. The van der Waals surface area contributed by atoms with Crippen LogP contribution in [0.25, 0.3) is 0 Å². The number of pyridine rings is 1. The molecule has 0 aromatic carbocycles. The average molecular weight is 285 g/mol. The number of hydrogen-bond acceptors (Lipinski definition) is 3. The summed E-state index contributed by atoms with van der Waals surface area (Å²) in [7, 11) is 0. The number of nitrogens with one attached hydrogen (secondary N) is 1. The first-order valence-electron chi connectivity index (χ1n) is 5.24. The van der Waals surface area contributed by atoms with Crippen LogP contribution in [-0.4, -0.2) is 16.1 Å². The zero-order chi connectivity index (χ0) is 11.6. The number of carbonyl (C=O) groups is 1. The van der Waals surface area contributed by atoms with Crippen LogP contribution in [0.1, 0.15) is 31.2 Å². The van der Waals surface area contributed by atoms with Gasteiger partial charge >= 0.3 is 0 Å². The maximum absolute atomic E-state index is 11.8. The van der Waals surface area contributed by atoms with E-state index in [1.54, 1.807) is 17.9 Å². The minimum Gasteiger partial charge on any atom is -0.289 e. The molecule has 0 radical (unpaired) electrons. The molecule has 16 heavy (non-hydrogen) atoms. The van der Waals surface area contributed by atoms with E-state index in [0.29, 0.717) is 0 Å². The number of hydrogen-bond donors (Lipinski definition) is 2. The van der Waals surface area contributed by atoms with E-state index in [9.17, 15) is 4.79 Å². The van der Waals surface area contributed by atoms with Gasteiger partial charge in [0.25, 0.3) is 5.91 Å². The number of hydroxylamine groups is 1. The van der Waals surface area contributed by atoms with E-state index in [4.69, 9.17) is 5.21 Å². The minimum atomic E-state index is -0.606. The molecule has 0 atom stereocenters. The Morgan fingerprint density at radius 2 is 2.12 bits per heavy atom. The number of aromatic nitrogens is 1. The fourth-order valence-corrected chi connectivity index (χ4v) is 2.77. The molecule has 0 bridgehead atoms. The molecule has 1 heterocycles. The molecule has 1 fully saturated rings. The second-order valence-electron chi connectivity index (χ2n) is 4.12. The first-order chi connectivity index (χ1) is 7.69. The van der Waals surface area contributed by atoms with Crippen molar-refractivity contribution in [3.05, 3.63) is 28.5 Å². The number of halogens is 1. The van der Waals surface area contributed by atoms with Gasteiger partial charge in [0.1, 0.15) is 0 Å². The summed E-state index contributed by atoms with van der Waals surface area (Å²) in [5.41, 5.74) is 2.04. The van der Waals surface area contributed by atoms with E-state index >= 15 is 0 Å². The van der Waals surface area contributed by atoms with Crippen molar-refractivity contribution >= 4 is 21.8 Å². The van der Waals surface area contributed by atoms with Crippen LogP contribution in [0.2, 0.25) is 0 Å². The van der Waals surface area contributed by atoms with Crippen molar-refractivity contribution in [1.29, 1.82) is 0 Å². The van der Waals surface area contributed by atoms with Gasteiger partial charge in [0, 0.05) is 16.9 Å². The highest BCUT2D eigenvalue weighted by molar-refractivity contribution is 9.10. The largest absolute Gasteiger partial charge is 0.289 e. The average Bonchev–Trinajstić information content (AvgIpc) is 2.78. The lowest BCUT2D eigenvalue weighted by Crippen LogP contribution is -2.41. The third kappa shape index (κ3) is 1.85. The Bertz CT molecular complexity index is 403. The van der Waals surface area contributed by atoms with E-state index < -0.39 is 5.41 Å². The van der Waals surface area contributed by atoms with Crippen LogP contribution >= 0.6 is 15.9 Å². The molecule has 0 aliphatic heterocycles. The summed E-state index contributed by atoms with van der Waals surface area (Å²) in [5.74, 6) is -0.329. The zero-order valence-electron chi connectivity index (χ0n) is 8.74. The van der Waals surface area contributed by atoms with Gasteiger partial charge in [-0.3, -0.25) is 15.0 Å². The summed E-state index contributed by atoms with van der Waals surface area (Å²) in [4.78, 5) is 15.9. The van der Waals surface area contributed by atoms with Gasteiger partial charge < -0.3 is 0 Å². The van der Waals surface area contributed by atoms with Crippen molar-refractivity contribution in [2.24, 2.45) is 0 Å². The highest BCUT2D eigenvalue weighted by Gasteiger charge is 2.42. The summed E-state index contributed by atoms with van der Waals surface area (Å²) in [6.45, 7) is 0. The number of carbonyl (C=O) groups excluding carboxylic acids is 1. The van der Waals surface area contributed by atoms with E-state index in [0.717, 1.165) is 35.7 Å². The van der Waals surface area contributed by atoms with Crippen LogP contribution in [0, 0.1) is 0 Å². The topological polar surface area (TPSA) is 62.2 Å². The van der Waals surface area contributed by atoms with E-state index in [2.05, 4.69) is 20.9 Å². The molecule has 0 unspecified atom stereocenters. The molecular formula is C11H13BrN2O2. The Morgan fingerprint density at radius 1 is 1.44 bits per heavy atom. The SMILES string of the molecule is O=C(NO)C1(c2cncc(Br)c2)CCCC1. The molecule has 0 saturated heterocycles. The van der Waals surface area contributed by atoms with Gasteiger partial charge in [0.15, 0.2) is 0 Å². The molecule has 1 aliphatic carbocycles. The normalized spacial score (nSPS) is 18.4. The third-order valence-electron chi connectivity index (χ3n) is 3.25. The molecule has 1 saturated carbocycles. The van der Waals surface area contributed by atoms with Crippen LogP contribution in [-0.2, 0) is 10.2 Å². The first kappa shape index (κ1) is 11.5. The van der Waals surface area contributed by atoms with Crippen LogP contribution in [0.3, 0.4) is 0 Å². The molecule has 86 valence electrons. The predicted octanol–water partition coefficient (Wildman–Crippen LogP) is 2.16. The fraction of sp³-hybridized carbons (Fsp3) is 0.455. The van der Waals surface area contributed by atoms with E-state index in [-0.39, 0.29) is 5.91 Å². The highest BCUT2D eigenvalue weighted by Crippen LogP contribution is 2.41. The van der Waals surface area contributed by atoms with Gasteiger partial charge in [-0.05, 0) is 40.4 Å². The van der Waals surface area contributed by atoms with Crippen LogP contribution < -0.4 is 5.48 Å². The van der Waals surface area contributed by atoms with Gasteiger partial charge in [-0.2, -0.15) is 0 Å². The first-order valence-corrected chi connectivity index (χ1v) is 6.04. The maximum atomic E-state index is 11.8. The lowest BCUT2D eigenvalue weighted by molar-refractivity contribution is -0.135. The molecule has 0 spiro atoms. The number of rotatable bonds is 2. The van der Waals surface area contributed by atoms with Gasteiger partial charge in [-0.25, -0.2) is 5.48 Å². The second kappa shape index (κ2) is 4.51. The van der Waals surface area contributed by atoms with Crippen LogP contribution in [0.5, 0.6) is 0 Å². The smallest absolute Gasteiger partial charge is 0.254 e. The monoisotopic (exact) mass is 284 g/mol. The van der Waals surface area contributed by atoms with Crippen molar-refractivity contribution in [3.63, 3.8) is 0 Å². The van der Waals surface area contributed by atoms with Crippen molar-refractivity contribution in [3.8, 4) is 0 Å². The maximum Gasteiger partial charge on any atom is 0.254 e. The summed E-state index contributed by atoms with van der Waals surface area (Å²) in [6, 6.07) is 1.90. The van der Waals surface area contributed by atoms with Gasteiger partial charge in [-0.15, -0.1) is 0 Å². The molecule has 1 aromatic rings. The minimum absolute atomic E-state index is 0.329. The molecule has 4 nitrogen and oxygen atoms in total. The Morgan fingerprint density at radius 3 is 2.69 bits per heavy atom. The van der Waals surface area contributed by atoms with Gasteiger partial charge in [-0.1, -0.05) is 12.8 Å².